The normalized spacial score (nSPS) is 11.4. The molecular weight excluding hydrogens is 328 g/mol. The summed E-state index contributed by atoms with van der Waals surface area (Å²) in [5, 5.41) is 10.2. The molecule has 124 valence electrons. The molecule has 0 bridgehead atoms. The van der Waals surface area contributed by atoms with Gasteiger partial charge in [0.15, 0.2) is 0 Å². The van der Waals surface area contributed by atoms with Gasteiger partial charge in [-0.2, -0.15) is 5.26 Å². The minimum absolute atomic E-state index is 0.626. The van der Waals surface area contributed by atoms with Crippen LogP contribution in [0.15, 0.2) is 54.6 Å². The maximum Gasteiger partial charge on any atom is 0.0998 e. The van der Waals surface area contributed by atoms with Gasteiger partial charge in [0.1, 0.15) is 0 Å². The van der Waals surface area contributed by atoms with Crippen LogP contribution in [0, 0.1) is 32.1 Å². The van der Waals surface area contributed by atoms with Crippen molar-refractivity contribution in [1.29, 1.82) is 5.26 Å². The Morgan fingerprint density at radius 1 is 1.00 bits per heavy atom. The smallest absolute Gasteiger partial charge is 0.0998 e. The molecule has 0 amide bonds. The van der Waals surface area contributed by atoms with Crippen LogP contribution >= 0.6 is 11.6 Å². The van der Waals surface area contributed by atoms with Crippen LogP contribution < -0.4 is 0 Å². The van der Waals surface area contributed by atoms with E-state index >= 15 is 0 Å². The van der Waals surface area contributed by atoms with Gasteiger partial charge in [-0.3, -0.25) is 0 Å². The number of hydrogen-bond donors (Lipinski definition) is 0. The Morgan fingerprint density at radius 3 is 2.24 bits per heavy atom. The molecule has 0 spiro atoms. The minimum atomic E-state index is 0.626. The van der Waals surface area contributed by atoms with Gasteiger partial charge in [0.2, 0.25) is 0 Å². The van der Waals surface area contributed by atoms with Crippen molar-refractivity contribution < 1.29 is 0 Å². The van der Waals surface area contributed by atoms with Gasteiger partial charge >= 0.3 is 0 Å². The average Bonchev–Trinajstić information content (AvgIpc) is 2.88. The largest absolute Gasteiger partial charge is 0.318 e. The topological polar surface area (TPSA) is 28.7 Å². The number of benzene rings is 2. The van der Waals surface area contributed by atoms with Gasteiger partial charge in [0, 0.05) is 22.1 Å². The number of allylic oxidation sites excluding steroid dienone is 1. The van der Waals surface area contributed by atoms with Crippen LogP contribution in [0.4, 0.5) is 0 Å². The Kier molecular flexibility index (Phi) is 4.79. The first kappa shape index (κ1) is 17.1. The van der Waals surface area contributed by atoms with E-state index in [2.05, 4.69) is 61.7 Å². The molecule has 0 unspecified atom stereocenters. The fraction of sp³-hybridized carbons (Fsp3) is 0.136. The lowest BCUT2D eigenvalue weighted by Crippen LogP contribution is -1.98. The highest BCUT2D eigenvalue weighted by Crippen LogP contribution is 2.26. The zero-order valence-electron chi connectivity index (χ0n) is 14.5. The first-order chi connectivity index (χ1) is 12.0. The number of nitriles is 1. The molecule has 3 aromatic rings. The van der Waals surface area contributed by atoms with Crippen molar-refractivity contribution in [3.05, 3.63) is 87.7 Å². The number of nitrogens with zero attached hydrogens (tertiary/aromatic N) is 2. The third kappa shape index (κ3) is 3.52. The van der Waals surface area contributed by atoms with Crippen molar-refractivity contribution in [2.45, 2.75) is 20.8 Å². The third-order valence-corrected chi connectivity index (χ3v) is 4.59. The second-order valence-electron chi connectivity index (χ2n) is 6.17. The zero-order chi connectivity index (χ0) is 18.0. The Labute approximate surface area is 153 Å². The third-order valence-electron chi connectivity index (χ3n) is 4.34. The lowest BCUT2D eigenvalue weighted by Gasteiger charge is -2.10. The zero-order valence-corrected chi connectivity index (χ0v) is 15.3. The fourth-order valence-electron chi connectivity index (χ4n) is 2.99. The molecule has 0 aliphatic heterocycles. The van der Waals surface area contributed by atoms with Crippen molar-refractivity contribution >= 4 is 23.3 Å². The molecule has 0 fully saturated rings. The highest BCUT2D eigenvalue weighted by atomic mass is 35.5. The number of hydrogen-bond acceptors (Lipinski definition) is 1. The number of aromatic nitrogens is 1. The molecule has 0 aliphatic carbocycles. The van der Waals surface area contributed by atoms with Crippen molar-refractivity contribution in [3.8, 4) is 11.8 Å². The predicted octanol–water partition coefficient (Wildman–Crippen LogP) is 6.12. The highest BCUT2D eigenvalue weighted by Gasteiger charge is 2.11. The van der Waals surface area contributed by atoms with Gasteiger partial charge in [0.25, 0.3) is 0 Å². The van der Waals surface area contributed by atoms with E-state index in [0.29, 0.717) is 10.6 Å². The Morgan fingerprint density at radius 2 is 1.64 bits per heavy atom. The summed E-state index contributed by atoms with van der Waals surface area (Å²) in [6.45, 7) is 6.24. The monoisotopic (exact) mass is 346 g/mol. The van der Waals surface area contributed by atoms with Crippen LogP contribution in [0.2, 0.25) is 5.02 Å². The molecular formula is C22H19ClN2. The second kappa shape index (κ2) is 7.01. The SMILES string of the molecule is Cc1ccc(-n2c(C)cc(/C=C(/C#N)c3ccc(Cl)cc3)c2C)cc1. The summed E-state index contributed by atoms with van der Waals surface area (Å²) in [6, 6.07) is 20.2. The van der Waals surface area contributed by atoms with Crippen molar-refractivity contribution in [2.24, 2.45) is 0 Å². The van der Waals surface area contributed by atoms with E-state index in [1.165, 1.54) is 5.56 Å². The summed E-state index contributed by atoms with van der Waals surface area (Å²) in [5.74, 6) is 0. The highest BCUT2D eigenvalue weighted by molar-refractivity contribution is 6.30. The maximum absolute atomic E-state index is 9.57. The second-order valence-corrected chi connectivity index (χ2v) is 6.61. The quantitative estimate of drug-likeness (QED) is 0.525. The van der Waals surface area contributed by atoms with E-state index in [1.54, 1.807) is 12.1 Å². The van der Waals surface area contributed by atoms with Crippen molar-refractivity contribution in [2.75, 3.05) is 0 Å². The van der Waals surface area contributed by atoms with Crippen LogP contribution in [-0.2, 0) is 0 Å². The van der Waals surface area contributed by atoms with Crippen LogP contribution in [0.5, 0.6) is 0 Å². The van der Waals surface area contributed by atoms with E-state index in [-0.39, 0.29) is 0 Å². The van der Waals surface area contributed by atoms with Gasteiger partial charge in [-0.15, -0.1) is 0 Å². The molecule has 2 aromatic carbocycles. The first-order valence-electron chi connectivity index (χ1n) is 8.13. The van der Waals surface area contributed by atoms with Gasteiger partial charge in [0.05, 0.1) is 11.6 Å². The molecule has 1 heterocycles. The van der Waals surface area contributed by atoms with Gasteiger partial charge in [-0.1, -0.05) is 41.4 Å². The standard InChI is InChI=1S/C22H19ClN2/c1-15-4-10-22(11-5-15)25-16(2)12-19(17(25)3)13-20(14-24)18-6-8-21(23)9-7-18/h4-13H,1-3H3/b20-13-. The van der Waals surface area contributed by atoms with Crippen LogP contribution in [0.25, 0.3) is 17.3 Å². The number of aryl methyl sites for hydroxylation is 2. The molecule has 2 nitrogen and oxygen atoms in total. The molecule has 0 aliphatic rings. The van der Waals surface area contributed by atoms with E-state index in [0.717, 1.165) is 28.2 Å². The number of rotatable bonds is 3. The summed E-state index contributed by atoms with van der Waals surface area (Å²) in [6.07, 6.45) is 1.94. The molecule has 1 aromatic heterocycles. The summed E-state index contributed by atoms with van der Waals surface area (Å²) in [5.41, 5.74) is 7.16. The van der Waals surface area contributed by atoms with E-state index in [4.69, 9.17) is 11.6 Å². The molecule has 0 saturated heterocycles. The Balaban J connectivity index is 2.06. The van der Waals surface area contributed by atoms with E-state index < -0.39 is 0 Å². The van der Waals surface area contributed by atoms with Gasteiger partial charge < -0.3 is 4.57 Å². The van der Waals surface area contributed by atoms with Crippen LogP contribution in [0.3, 0.4) is 0 Å². The molecule has 25 heavy (non-hydrogen) atoms. The predicted molar refractivity (Wildman–Crippen MR) is 105 cm³/mol. The summed E-state index contributed by atoms with van der Waals surface area (Å²) in [7, 11) is 0. The minimum Gasteiger partial charge on any atom is -0.318 e. The Bertz CT molecular complexity index is 969. The fourth-order valence-corrected chi connectivity index (χ4v) is 3.12. The van der Waals surface area contributed by atoms with Crippen molar-refractivity contribution in [1.82, 2.24) is 4.57 Å². The summed E-state index contributed by atoms with van der Waals surface area (Å²) in [4.78, 5) is 0. The average molecular weight is 347 g/mol. The lowest BCUT2D eigenvalue weighted by atomic mass is 10.0. The van der Waals surface area contributed by atoms with Gasteiger partial charge in [-0.05, 0) is 68.3 Å². The van der Waals surface area contributed by atoms with Gasteiger partial charge in [-0.25, -0.2) is 0 Å². The molecule has 0 N–H and O–H groups in total. The molecule has 3 heteroatoms. The summed E-state index contributed by atoms with van der Waals surface area (Å²) >= 11 is 5.94. The van der Waals surface area contributed by atoms with Crippen LogP contribution in [0.1, 0.15) is 28.1 Å². The van der Waals surface area contributed by atoms with Crippen LogP contribution in [-0.4, -0.2) is 4.57 Å². The summed E-state index contributed by atoms with van der Waals surface area (Å²) < 4.78 is 2.21. The number of halogens is 1. The van der Waals surface area contributed by atoms with Crippen molar-refractivity contribution in [3.63, 3.8) is 0 Å². The molecule has 0 radical (unpaired) electrons. The molecule has 0 atom stereocenters. The maximum atomic E-state index is 9.57. The molecule has 3 rings (SSSR count). The van der Waals surface area contributed by atoms with E-state index in [9.17, 15) is 5.26 Å². The van der Waals surface area contributed by atoms with E-state index in [1.807, 2.05) is 18.2 Å². The molecule has 0 saturated carbocycles. The lowest BCUT2D eigenvalue weighted by molar-refractivity contribution is 0.963. The Hall–Kier alpha value is -2.76. The first-order valence-corrected chi connectivity index (χ1v) is 8.51.